The third kappa shape index (κ3) is 2.61. The summed E-state index contributed by atoms with van der Waals surface area (Å²) in [6, 6.07) is 1.93. The molecule has 0 aliphatic carbocycles. The molecule has 74 valence electrons. The summed E-state index contributed by atoms with van der Waals surface area (Å²) in [6.07, 6.45) is -4.59. The summed E-state index contributed by atoms with van der Waals surface area (Å²) in [5.74, 6) is -1.01. The highest BCUT2D eigenvalue weighted by atomic mass is 32.1. The zero-order valence-corrected chi connectivity index (χ0v) is 7.42. The van der Waals surface area contributed by atoms with Crippen molar-refractivity contribution in [1.82, 2.24) is 0 Å². The fourth-order valence-corrected chi connectivity index (χ4v) is 0.960. The zero-order valence-electron chi connectivity index (χ0n) is 6.60. The van der Waals surface area contributed by atoms with Gasteiger partial charge >= 0.3 is 6.18 Å². The van der Waals surface area contributed by atoms with E-state index in [1.165, 1.54) is 0 Å². The number of benzene rings is 1. The molecule has 1 aromatic carbocycles. The number of thiocarbonyl (C=S) groups is 1. The Labute approximate surface area is 82.1 Å². The van der Waals surface area contributed by atoms with Crippen molar-refractivity contribution in [2.75, 3.05) is 0 Å². The van der Waals surface area contributed by atoms with Gasteiger partial charge in [-0.3, -0.25) is 0 Å². The van der Waals surface area contributed by atoms with E-state index in [0.29, 0.717) is 12.1 Å². The van der Waals surface area contributed by atoms with E-state index in [9.17, 15) is 17.6 Å². The van der Waals surface area contributed by atoms with Crippen molar-refractivity contribution in [3.05, 3.63) is 29.6 Å². The van der Waals surface area contributed by atoms with Crippen molar-refractivity contribution in [3.63, 3.8) is 0 Å². The number of alkyl halides is 3. The van der Waals surface area contributed by atoms with Gasteiger partial charge in [-0.05, 0) is 24.4 Å². The predicted molar refractivity (Wildman–Crippen MR) is 46.1 cm³/mol. The van der Waals surface area contributed by atoms with E-state index in [2.05, 4.69) is 17.2 Å². The minimum Gasteiger partial charge on any atom is -0.207 e. The second-order valence-corrected chi connectivity index (χ2v) is 2.58. The van der Waals surface area contributed by atoms with E-state index in [-0.39, 0.29) is 5.69 Å². The fourth-order valence-electron chi connectivity index (χ4n) is 0.855. The largest absolute Gasteiger partial charge is 0.416 e. The number of aliphatic imine (C=N–C) groups is 1. The number of rotatable bonds is 1. The van der Waals surface area contributed by atoms with Crippen molar-refractivity contribution >= 4 is 23.1 Å². The maximum absolute atomic E-state index is 12.7. The Hall–Kier alpha value is -1.26. The van der Waals surface area contributed by atoms with Crippen LogP contribution in [0.5, 0.6) is 0 Å². The molecule has 0 saturated heterocycles. The summed E-state index contributed by atoms with van der Waals surface area (Å²) < 4.78 is 49.1. The lowest BCUT2D eigenvalue weighted by Crippen LogP contribution is -2.04. The van der Waals surface area contributed by atoms with Crippen LogP contribution in [-0.2, 0) is 6.18 Å². The monoisotopic (exact) mass is 221 g/mol. The molecule has 0 fully saturated rings. The molecule has 0 saturated carbocycles. The van der Waals surface area contributed by atoms with Gasteiger partial charge in [-0.25, -0.2) is 4.39 Å². The SMILES string of the molecule is Fc1cc(N=C=S)cc(C(F)(F)F)c1. The molecular weight excluding hydrogens is 218 g/mol. The van der Waals surface area contributed by atoms with Crippen LogP contribution < -0.4 is 0 Å². The number of isothiocyanates is 1. The van der Waals surface area contributed by atoms with Crippen molar-refractivity contribution in [2.24, 2.45) is 4.99 Å². The molecule has 0 aliphatic heterocycles. The van der Waals surface area contributed by atoms with Crippen molar-refractivity contribution in [1.29, 1.82) is 0 Å². The fraction of sp³-hybridized carbons (Fsp3) is 0.125. The molecule has 6 heteroatoms. The highest BCUT2D eigenvalue weighted by molar-refractivity contribution is 7.78. The maximum atomic E-state index is 12.7. The minimum atomic E-state index is -4.59. The van der Waals surface area contributed by atoms with Gasteiger partial charge in [0.1, 0.15) is 5.82 Å². The van der Waals surface area contributed by atoms with Crippen LogP contribution in [0.4, 0.5) is 23.2 Å². The quantitative estimate of drug-likeness (QED) is 0.401. The Morgan fingerprint density at radius 1 is 1.21 bits per heavy atom. The van der Waals surface area contributed by atoms with E-state index in [0.717, 1.165) is 6.07 Å². The average molecular weight is 221 g/mol. The number of nitrogens with zero attached hydrogens (tertiary/aromatic N) is 1. The van der Waals surface area contributed by atoms with Crippen LogP contribution in [0.1, 0.15) is 5.56 Å². The van der Waals surface area contributed by atoms with Crippen molar-refractivity contribution in [2.45, 2.75) is 6.18 Å². The lowest BCUT2D eigenvalue weighted by Gasteiger charge is -2.06. The van der Waals surface area contributed by atoms with Crippen LogP contribution >= 0.6 is 12.2 Å². The third-order valence-corrected chi connectivity index (χ3v) is 1.48. The Morgan fingerprint density at radius 2 is 1.86 bits per heavy atom. The summed E-state index contributed by atoms with van der Waals surface area (Å²) in [6.45, 7) is 0. The minimum absolute atomic E-state index is 0.202. The molecule has 0 radical (unpaired) electrons. The first-order valence-corrected chi connectivity index (χ1v) is 3.80. The summed E-state index contributed by atoms with van der Waals surface area (Å²) in [5.41, 5.74) is -1.30. The number of hydrogen-bond donors (Lipinski definition) is 0. The van der Waals surface area contributed by atoms with Gasteiger partial charge in [0.2, 0.25) is 0 Å². The van der Waals surface area contributed by atoms with Crippen molar-refractivity contribution < 1.29 is 17.6 Å². The molecule has 0 N–H and O–H groups in total. The summed E-state index contributed by atoms with van der Waals surface area (Å²) in [5, 5.41) is 1.86. The molecule has 0 heterocycles. The smallest absolute Gasteiger partial charge is 0.207 e. The first-order chi connectivity index (χ1) is 6.43. The third-order valence-electron chi connectivity index (χ3n) is 1.38. The molecule has 0 unspecified atom stereocenters. The first kappa shape index (κ1) is 10.8. The number of halogens is 4. The maximum Gasteiger partial charge on any atom is 0.416 e. The van der Waals surface area contributed by atoms with E-state index in [4.69, 9.17) is 0 Å². The van der Waals surface area contributed by atoms with Gasteiger partial charge in [-0.1, -0.05) is 0 Å². The second-order valence-electron chi connectivity index (χ2n) is 2.40. The summed E-state index contributed by atoms with van der Waals surface area (Å²) in [4.78, 5) is 3.27. The Morgan fingerprint density at radius 3 is 2.36 bits per heavy atom. The van der Waals surface area contributed by atoms with Gasteiger partial charge in [-0.2, -0.15) is 18.2 Å². The van der Waals surface area contributed by atoms with Gasteiger partial charge in [0.15, 0.2) is 0 Å². The van der Waals surface area contributed by atoms with E-state index in [1.54, 1.807) is 0 Å². The van der Waals surface area contributed by atoms with Crippen LogP contribution in [0, 0.1) is 5.82 Å². The van der Waals surface area contributed by atoms with E-state index in [1.807, 2.05) is 5.16 Å². The standard InChI is InChI=1S/C8H3F4NS/c9-6-1-5(8(10,11)12)2-7(3-6)13-4-14/h1-3H. The zero-order chi connectivity index (χ0) is 10.8. The molecule has 0 spiro atoms. The van der Waals surface area contributed by atoms with Gasteiger partial charge in [0, 0.05) is 6.07 Å². The van der Waals surface area contributed by atoms with Crippen molar-refractivity contribution in [3.8, 4) is 0 Å². The van der Waals surface area contributed by atoms with Crippen LogP contribution in [-0.4, -0.2) is 5.16 Å². The van der Waals surface area contributed by atoms with Crippen LogP contribution in [0.2, 0.25) is 0 Å². The molecule has 0 atom stereocenters. The molecule has 1 rings (SSSR count). The van der Waals surface area contributed by atoms with Gasteiger partial charge in [0.05, 0.1) is 16.4 Å². The first-order valence-electron chi connectivity index (χ1n) is 3.39. The molecule has 14 heavy (non-hydrogen) atoms. The molecule has 1 nitrogen and oxygen atoms in total. The Balaban J connectivity index is 3.27. The van der Waals surface area contributed by atoms with Crippen LogP contribution in [0.25, 0.3) is 0 Å². The molecule has 0 aliphatic rings. The molecular formula is C8H3F4NS. The second kappa shape index (κ2) is 3.86. The van der Waals surface area contributed by atoms with E-state index < -0.39 is 17.6 Å². The van der Waals surface area contributed by atoms with Crippen LogP contribution in [0.3, 0.4) is 0 Å². The highest BCUT2D eigenvalue weighted by Gasteiger charge is 2.31. The Bertz CT molecular complexity index is 393. The lowest BCUT2D eigenvalue weighted by atomic mass is 10.2. The topological polar surface area (TPSA) is 12.4 Å². The lowest BCUT2D eigenvalue weighted by molar-refractivity contribution is -0.137. The molecule has 0 amide bonds. The average Bonchev–Trinajstić information content (AvgIpc) is 2.02. The van der Waals surface area contributed by atoms with E-state index >= 15 is 0 Å². The van der Waals surface area contributed by atoms with Gasteiger partial charge in [-0.15, -0.1) is 0 Å². The summed E-state index contributed by atoms with van der Waals surface area (Å²) in [7, 11) is 0. The van der Waals surface area contributed by atoms with Gasteiger partial charge < -0.3 is 0 Å². The molecule has 0 aromatic heterocycles. The highest BCUT2D eigenvalue weighted by Crippen LogP contribution is 2.32. The molecule has 0 bridgehead atoms. The number of hydrogen-bond acceptors (Lipinski definition) is 2. The molecule has 1 aromatic rings. The predicted octanol–water partition coefficient (Wildman–Crippen LogP) is 3.58. The normalized spacial score (nSPS) is 10.9. The van der Waals surface area contributed by atoms with Gasteiger partial charge in [0.25, 0.3) is 0 Å². The summed E-state index contributed by atoms with van der Waals surface area (Å²) >= 11 is 4.19. The Kier molecular flexibility index (Phi) is 2.98. The van der Waals surface area contributed by atoms with Crippen LogP contribution in [0.15, 0.2) is 23.2 Å².